The molecule has 1 N–H and O–H groups in total. The van der Waals surface area contributed by atoms with Gasteiger partial charge in [0.15, 0.2) is 5.78 Å². The van der Waals surface area contributed by atoms with E-state index in [1.807, 2.05) is 85.8 Å². The van der Waals surface area contributed by atoms with E-state index in [1.54, 1.807) is 7.11 Å². The van der Waals surface area contributed by atoms with Crippen LogP contribution in [0.15, 0.2) is 101 Å². The van der Waals surface area contributed by atoms with E-state index in [-0.39, 0.29) is 11.7 Å². The zero-order valence-electron chi connectivity index (χ0n) is 23.9. The molecule has 0 fully saturated rings. The van der Waals surface area contributed by atoms with E-state index in [9.17, 15) is 9.59 Å². The molecule has 0 radical (unpaired) electrons. The maximum Gasteiger partial charge on any atom is 0.336 e. The maximum atomic E-state index is 14.0. The first-order valence-corrected chi connectivity index (χ1v) is 14.3. The highest BCUT2D eigenvalue weighted by Gasteiger charge is 2.42. The number of hydrogen-bond acceptors (Lipinski definition) is 6. The zero-order valence-corrected chi connectivity index (χ0v) is 23.9. The lowest BCUT2D eigenvalue weighted by atomic mass is 9.71. The van der Waals surface area contributed by atoms with Gasteiger partial charge in [-0.1, -0.05) is 74.0 Å². The van der Waals surface area contributed by atoms with E-state index in [0.717, 1.165) is 41.0 Å². The summed E-state index contributed by atoms with van der Waals surface area (Å²) >= 11 is 0. The fourth-order valence-corrected chi connectivity index (χ4v) is 5.71. The van der Waals surface area contributed by atoms with Gasteiger partial charge in [0.2, 0.25) is 0 Å². The highest BCUT2D eigenvalue weighted by Crippen LogP contribution is 2.48. The van der Waals surface area contributed by atoms with Crippen molar-refractivity contribution in [2.45, 2.75) is 58.0 Å². The number of Topliss-reactive ketones (excluding diaryl/α,β-unsaturated/α-hetero) is 1. The quantitative estimate of drug-likeness (QED) is 0.217. The summed E-state index contributed by atoms with van der Waals surface area (Å²) in [5.41, 5.74) is 5.56. The number of methoxy groups -OCH3 is 1. The highest BCUT2D eigenvalue weighted by atomic mass is 16.5. The molecule has 0 bridgehead atoms. The van der Waals surface area contributed by atoms with Crippen molar-refractivity contribution < 1.29 is 23.8 Å². The highest BCUT2D eigenvalue weighted by molar-refractivity contribution is 6.04. The Hall–Kier alpha value is -4.32. The fraction of sp³-hybridized carbons (Fsp3) is 0.314. The summed E-state index contributed by atoms with van der Waals surface area (Å²) in [4.78, 5) is 27.6. The minimum Gasteiger partial charge on any atom is -0.497 e. The number of carbonyl (C=O) groups is 2. The predicted molar refractivity (Wildman–Crippen MR) is 159 cm³/mol. The molecule has 1 aliphatic heterocycles. The summed E-state index contributed by atoms with van der Waals surface area (Å²) in [5.74, 6) is 0.486. The van der Waals surface area contributed by atoms with Crippen LogP contribution in [-0.2, 0) is 20.9 Å². The molecule has 0 amide bonds. The molecule has 6 nitrogen and oxygen atoms in total. The topological polar surface area (TPSA) is 73.9 Å². The Labute approximate surface area is 242 Å². The summed E-state index contributed by atoms with van der Waals surface area (Å²) in [6.45, 7) is 4.66. The Morgan fingerprint density at radius 2 is 1.68 bits per heavy atom. The number of hydrogen-bond donors (Lipinski definition) is 1. The van der Waals surface area contributed by atoms with Crippen molar-refractivity contribution in [3.8, 4) is 11.5 Å². The molecule has 2 aliphatic rings. The summed E-state index contributed by atoms with van der Waals surface area (Å²) in [5, 5.41) is 3.44. The van der Waals surface area contributed by atoms with Crippen LogP contribution in [0.1, 0.15) is 68.1 Å². The van der Waals surface area contributed by atoms with Crippen LogP contribution in [0, 0.1) is 0 Å². The van der Waals surface area contributed by atoms with Gasteiger partial charge in [-0.05, 0) is 55.0 Å². The van der Waals surface area contributed by atoms with E-state index < -0.39 is 11.9 Å². The van der Waals surface area contributed by atoms with E-state index >= 15 is 0 Å². The number of ketones is 1. The Kier molecular flexibility index (Phi) is 8.88. The number of ether oxygens (including phenoxy) is 3. The maximum absolute atomic E-state index is 14.0. The van der Waals surface area contributed by atoms with E-state index in [2.05, 4.69) is 12.2 Å². The summed E-state index contributed by atoms with van der Waals surface area (Å²) < 4.78 is 17.4. The van der Waals surface area contributed by atoms with Crippen molar-refractivity contribution in [3.05, 3.63) is 118 Å². The fourth-order valence-electron chi connectivity index (χ4n) is 5.71. The molecule has 3 aromatic carbocycles. The number of nitrogens with one attached hydrogen (secondary N) is 1. The van der Waals surface area contributed by atoms with Crippen molar-refractivity contribution >= 4 is 11.8 Å². The molecule has 41 heavy (non-hydrogen) atoms. The monoisotopic (exact) mass is 551 g/mol. The van der Waals surface area contributed by atoms with Crippen LogP contribution in [0.3, 0.4) is 0 Å². The van der Waals surface area contributed by atoms with Gasteiger partial charge >= 0.3 is 5.97 Å². The SMILES string of the molecule is CCCCOC(=O)C1=C(C)NC2=C(C(=O)C[C@@H](c3ccc(OC)cc3)C2)[C@H]1c1ccccc1OCc1ccccc1. The van der Waals surface area contributed by atoms with Gasteiger partial charge in [0.1, 0.15) is 18.1 Å². The molecule has 2 atom stereocenters. The van der Waals surface area contributed by atoms with Gasteiger partial charge in [-0.3, -0.25) is 4.79 Å². The molecule has 1 heterocycles. The molecule has 3 aromatic rings. The van der Waals surface area contributed by atoms with Gasteiger partial charge in [-0.2, -0.15) is 0 Å². The second-order valence-corrected chi connectivity index (χ2v) is 10.6. The van der Waals surface area contributed by atoms with E-state index in [0.29, 0.717) is 48.6 Å². The lowest BCUT2D eigenvalue weighted by Crippen LogP contribution is -2.36. The first kappa shape index (κ1) is 28.2. The summed E-state index contributed by atoms with van der Waals surface area (Å²) in [6.07, 6.45) is 2.72. The number of benzene rings is 3. The number of allylic oxidation sites excluding steroid dienone is 3. The molecular formula is C35H37NO5. The van der Waals surface area contributed by atoms with Gasteiger partial charge < -0.3 is 19.5 Å². The van der Waals surface area contributed by atoms with Crippen LogP contribution < -0.4 is 14.8 Å². The number of unbranched alkanes of at least 4 members (excludes halogenated alkanes) is 1. The lowest BCUT2D eigenvalue weighted by Gasteiger charge is -2.37. The Morgan fingerprint density at radius 3 is 2.41 bits per heavy atom. The van der Waals surface area contributed by atoms with Crippen molar-refractivity contribution in [2.24, 2.45) is 0 Å². The molecule has 5 rings (SSSR count). The summed E-state index contributed by atoms with van der Waals surface area (Å²) in [6, 6.07) is 25.6. The Morgan fingerprint density at radius 1 is 0.951 bits per heavy atom. The third-order valence-corrected chi connectivity index (χ3v) is 7.83. The molecule has 0 saturated heterocycles. The van der Waals surface area contributed by atoms with Crippen LogP contribution in [-0.4, -0.2) is 25.5 Å². The molecule has 212 valence electrons. The average Bonchev–Trinajstić information content (AvgIpc) is 3.00. The third-order valence-electron chi connectivity index (χ3n) is 7.83. The van der Waals surface area contributed by atoms with E-state index in [1.165, 1.54) is 0 Å². The van der Waals surface area contributed by atoms with Crippen LogP contribution in [0.2, 0.25) is 0 Å². The predicted octanol–water partition coefficient (Wildman–Crippen LogP) is 6.98. The number of rotatable bonds is 10. The van der Waals surface area contributed by atoms with Crippen LogP contribution in [0.4, 0.5) is 0 Å². The number of carbonyl (C=O) groups excluding carboxylic acids is 2. The smallest absolute Gasteiger partial charge is 0.336 e. The minimum atomic E-state index is -0.586. The van der Waals surface area contributed by atoms with Crippen LogP contribution >= 0.6 is 0 Å². The first-order chi connectivity index (χ1) is 20.0. The minimum absolute atomic E-state index is 0.0220. The largest absolute Gasteiger partial charge is 0.497 e. The standard InChI is InChI=1S/C35H37NO5/c1-4-5-19-40-35(38)32-23(2)36-29-20-26(25-15-17-27(39-3)18-16-25)21-30(37)34(29)33(32)28-13-9-10-14-31(28)41-22-24-11-7-6-8-12-24/h6-18,26,33,36H,4-5,19-22H2,1-3H3/t26-,33-/m0/s1. The van der Waals surface area contributed by atoms with E-state index in [4.69, 9.17) is 14.2 Å². The van der Waals surface area contributed by atoms with Gasteiger partial charge in [0.25, 0.3) is 0 Å². The van der Waals surface area contributed by atoms with Crippen LogP contribution in [0.25, 0.3) is 0 Å². The van der Waals surface area contributed by atoms with Gasteiger partial charge in [0.05, 0.1) is 25.2 Å². The van der Waals surface area contributed by atoms with Crippen LogP contribution in [0.5, 0.6) is 11.5 Å². The molecule has 6 heteroatoms. The second-order valence-electron chi connectivity index (χ2n) is 10.6. The zero-order chi connectivity index (χ0) is 28.8. The third kappa shape index (κ3) is 6.22. The Balaban J connectivity index is 1.54. The van der Waals surface area contributed by atoms with Crippen molar-refractivity contribution in [3.63, 3.8) is 0 Å². The van der Waals surface area contributed by atoms with Gasteiger partial charge in [-0.25, -0.2) is 4.79 Å². The van der Waals surface area contributed by atoms with Crippen molar-refractivity contribution in [1.29, 1.82) is 0 Å². The molecular weight excluding hydrogens is 514 g/mol. The van der Waals surface area contributed by atoms with Crippen molar-refractivity contribution in [1.82, 2.24) is 5.32 Å². The molecule has 0 aromatic heterocycles. The lowest BCUT2D eigenvalue weighted by molar-refractivity contribution is -0.139. The second kappa shape index (κ2) is 12.9. The van der Waals surface area contributed by atoms with Gasteiger partial charge in [-0.15, -0.1) is 0 Å². The molecule has 1 aliphatic carbocycles. The molecule has 0 unspecified atom stereocenters. The summed E-state index contributed by atoms with van der Waals surface area (Å²) in [7, 11) is 1.64. The Bertz CT molecular complexity index is 1460. The average molecular weight is 552 g/mol. The van der Waals surface area contributed by atoms with Crippen molar-refractivity contribution in [2.75, 3.05) is 13.7 Å². The number of dihydropyridines is 1. The van der Waals surface area contributed by atoms with Gasteiger partial charge in [0, 0.05) is 29.0 Å². The molecule has 0 spiro atoms. The number of esters is 1. The normalized spacial score (nSPS) is 18.5. The molecule has 0 saturated carbocycles. The number of para-hydroxylation sites is 1. The first-order valence-electron chi connectivity index (χ1n) is 14.3.